The molecule has 3 aromatic heterocycles. The number of nitrogens with zero attached hydrogens (tertiary/aromatic N) is 6. The molecular formula is C20H25N7O. The van der Waals surface area contributed by atoms with Gasteiger partial charge in [-0.25, -0.2) is 9.67 Å². The summed E-state index contributed by atoms with van der Waals surface area (Å²) in [5.74, 6) is 1.37. The number of ether oxygens (including phenoxy) is 1. The van der Waals surface area contributed by atoms with E-state index >= 15 is 0 Å². The van der Waals surface area contributed by atoms with Crippen LogP contribution < -0.4 is 15.0 Å². The van der Waals surface area contributed by atoms with E-state index in [9.17, 15) is 0 Å². The molecule has 146 valence electrons. The molecule has 3 aromatic rings. The second-order valence-electron chi connectivity index (χ2n) is 7.10. The Morgan fingerprint density at radius 2 is 2.04 bits per heavy atom. The van der Waals surface area contributed by atoms with Crippen molar-refractivity contribution in [2.75, 3.05) is 25.6 Å². The van der Waals surface area contributed by atoms with Gasteiger partial charge < -0.3 is 15.0 Å². The van der Waals surface area contributed by atoms with Crippen LogP contribution in [0, 0.1) is 0 Å². The Bertz CT molecular complexity index is 911. The highest BCUT2D eigenvalue weighted by Crippen LogP contribution is 2.25. The van der Waals surface area contributed by atoms with Crippen LogP contribution in [-0.2, 0) is 0 Å². The first-order chi connectivity index (χ1) is 13.7. The van der Waals surface area contributed by atoms with E-state index in [0.29, 0.717) is 29.4 Å². The van der Waals surface area contributed by atoms with Crippen LogP contribution in [0.3, 0.4) is 0 Å². The van der Waals surface area contributed by atoms with Crippen LogP contribution in [0.25, 0.3) is 17.1 Å². The van der Waals surface area contributed by atoms with Crippen LogP contribution in [0.2, 0.25) is 0 Å². The maximum absolute atomic E-state index is 5.45. The molecule has 0 aliphatic carbocycles. The number of hydrogen-bond donors (Lipinski definition) is 1. The first-order valence-electron chi connectivity index (χ1n) is 9.51. The largest absolute Gasteiger partial charge is 0.479 e. The Balaban J connectivity index is 1.55. The van der Waals surface area contributed by atoms with E-state index in [1.54, 1.807) is 18.0 Å². The van der Waals surface area contributed by atoms with E-state index in [0.717, 1.165) is 30.9 Å². The van der Waals surface area contributed by atoms with Crippen molar-refractivity contribution < 1.29 is 4.74 Å². The first kappa shape index (κ1) is 18.4. The second-order valence-corrected chi connectivity index (χ2v) is 7.10. The monoisotopic (exact) mass is 379 g/mol. The quantitative estimate of drug-likeness (QED) is 0.728. The van der Waals surface area contributed by atoms with Crippen molar-refractivity contribution in [3.05, 3.63) is 42.7 Å². The molecule has 0 unspecified atom stereocenters. The maximum Gasteiger partial charge on any atom is 0.240 e. The Morgan fingerprint density at radius 1 is 1.18 bits per heavy atom. The Kier molecular flexibility index (Phi) is 5.21. The summed E-state index contributed by atoms with van der Waals surface area (Å²) in [4.78, 5) is 6.81. The predicted octanol–water partition coefficient (Wildman–Crippen LogP) is 2.31. The topological polar surface area (TPSA) is 81.0 Å². The molecule has 0 saturated carbocycles. The number of hydrogen-bond acceptors (Lipinski definition) is 7. The minimum absolute atomic E-state index is 0.475. The first-order valence-corrected chi connectivity index (χ1v) is 9.51. The van der Waals surface area contributed by atoms with Crippen molar-refractivity contribution in [2.45, 2.75) is 31.8 Å². The van der Waals surface area contributed by atoms with E-state index in [1.807, 2.05) is 36.5 Å². The lowest BCUT2D eigenvalue weighted by molar-refractivity contribution is 0.370. The molecule has 4 rings (SSSR count). The van der Waals surface area contributed by atoms with E-state index in [4.69, 9.17) is 4.74 Å². The van der Waals surface area contributed by atoms with Gasteiger partial charge in [0, 0.05) is 31.5 Å². The lowest BCUT2D eigenvalue weighted by atomic mass is 9.99. The number of pyridine rings is 1. The van der Waals surface area contributed by atoms with Gasteiger partial charge >= 0.3 is 0 Å². The lowest BCUT2D eigenvalue weighted by Gasteiger charge is -2.35. The molecule has 8 nitrogen and oxygen atoms in total. The van der Waals surface area contributed by atoms with E-state index in [2.05, 4.69) is 44.5 Å². The van der Waals surface area contributed by atoms with Gasteiger partial charge in [-0.1, -0.05) is 0 Å². The third kappa shape index (κ3) is 3.68. The van der Waals surface area contributed by atoms with Crippen molar-refractivity contribution >= 4 is 5.82 Å². The highest BCUT2D eigenvalue weighted by molar-refractivity contribution is 5.59. The van der Waals surface area contributed by atoms with Gasteiger partial charge in [-0.05, 0) is 56.6 Å². The summed E-state index contributed by atoms with van der Waals surface area (Å²) in [7, 11) is 3.69. The number of rotatable bonds is 5. The van der Waals surface area contributed by atoms with Crippen molar-refractivity contribution in [3.63, 3.8) is 0 Å². The number of nitrogens with one attached hydrogen (secondary N) is 1. The second kappa shape index (κ2) is 7.93. The fourth-order valence-corrected chi connectivity index (χ4v) is 3.61. The molecule has 1 aliphatic rings. The van der Waals surface area contributed by atoms with Gasteiger partial charge in [-0.3, -0.25) is 0 Å². The van der Waals surface area contributed by atoms with Crippen LogP contribution in [0.15, 0.2) is 42.7 Å². The molecule has 2 atom stereocenters. The van der Waals surface area contributed by atoms with Crippen LogP contribution in [-0.4, -0.2) is 57.7 Å². The van der Waals surface area contributed by atoms with Crippen LogP contribution in [0.1, 0.15) is 19.8 Å². The van der Waals surface area contributed by atoms with Gasteiger partial charge in [0.1, 0.15) is 11.4 Å². The number of piperidine rings is 1. The smallest absolute Gasteiger partial charge is 0.240 e. The van der Waals surface area contributed by atoms with Crippen molar-refractivity contribution in [2.24, 2.45) is 0 Å². The normalized spacial score (nSPS) is 19.4. The Morgan fingerprint density at radius 3 is 2.71 bits per heavy atom. The number of aromatic nitrogens is 5. The zero-order valence-corrected chi connectivity index (χ0v) is 16.4. The van der Waals surface area contributed by atoms with E-state index in [-0.39, 0.29) is 0 Å². The molecule has 1 aliphatic heterocycles. The summed E-state index contributed by atoms with van der Waals surface area (Å²) >= 11 is 0. The third-order valence-electron chi connectivity index (χ3n) is 5.20. The van der Waals surface area contributed by atoms with Crippen molar-refractivity contribution in [3.8, 4) is 23.0 Å². The average molecular weight is 379 g/mol. The molecule has 0 bridgehead atoms. The average Bonchev–Trinajstić information content (AvgIpc) is 3.27. The molecule has 0 spiro atoms. The fourth-order valence-electron chi connectivity index (χ4n) is 3.61. The molecule has 8 heteroatoms. The molecule has 4 heterocycles. The molecular weight excluding hydrogens is 354 g/mol. The standard InChI is InChI=1S/C20H25N7O/c1-14-13-15(9-11-21-14)26(2)19-8-6-17(24-25-19)16-5-7-18(20(23-16)28-3)27-12-4-10-22-27/h4-8,10,12,14-15,21H,9,11,13H2,1-3H3/t14-,15-/m0/s1. The predicted molar refractivity (Wildman–Crippen MR) is 108 cm³/mol. The maximum atomic E-state index is 5.45. The van der Waals surface area contributed by atoms with E-state index < -0.39 is 0 Å². The molecule has 28 heavy (non-hydrogen) atoms. The Hall–Kier alpha value is -3.00. The highest BCUT2D eigenvalue weighted by atomic mass is 16.5. The highest BCUT2D eigenvalue weighted by Gasteiger charge is 2.23. The summed E-state index contributed by atoms with van der Waals surface area (Å²) in [5, 5.41) is 16.6. The Labute approximate surface area is 164 Å². The zero-order chi connectivity index (χ0) is 19.5. The number of anilines is 1. The minimum Gasteiger partial charge on any atom is -0.479 e. The molecule has 0 aromatic carbocycles. The van der Waals surface area contributed by atoms with E-state index in [1.165, 1.54) is 0 Å². The molecule has 1 saturated heterocycles. The van der Waals surface area contributed by atoms with Crippen molar-refractivity contribution in [1.82, 2.24) is 30.3 Å². The zero-order valence-electron chi connectivity index (χ0n) is 16.4. The SMILES string of the molecule is COc1nc(-c2ccc(N(C)[C@H]3CCN[C@@H](C)C3)nn2)ccc1-n1cccn1. The van der Waals surface area contributed by atoms with Crippen LogP contribution in [0.5, 0.6) is 5.88 Å². The summed E-state index contributed by atoms with van der Waals surface area (Å²) in [6, 6.07) is 10.6. The van der Waals surface area contributed by atoms with Gasteiger partial charge in [-0.15, -0.1) is 10.2 Å². The summed E-state index contributed by atoms with van der Waals surface area (Å²) in [6.07, 6.45) is 5.79. The van der Waals surface area contributed by atoms with Gasteiger partial charge in [-0.2, -0.15) is 5.10 Å². The molecule has 0 amide bonds. The third-order valence-corrected chi connectivity index (χ3v) is 5.20. The van der Waals surface area contributed by atoms with Gasteiger partial charge in [0.25, 0.3) is 0 Å². The molecule has 1 fully saturated rings. The van der Waals surface area contributed by atoms with Crippen molar-refractivity contribution in [1.29, 1.82) is 0 Å². The van der Waals surface area contributed by atoms with Crippen LogP contribution >= 0.6 is 0 Å². The molecule has 0 radical (unpaired) electrons. The summed E-state index contributed by atoms with van der Waals surface area (Å²) in [5.41, 5.74) is 2.20. The fraction of sp³-hybridized carbons (Fsp3) is 0.400. The van der Waals surface area contributed by atoms with Gasteiger partial charge in [0.2, 0.25) is 5.88 Å². The summed E-state index contributed by atoms with van der Waals surface area (Å²) < 4.78 is 7.17. The van der Waals surface area contributed by atoms with Crippen LogP contribution in [0.4, 0.5) is 5.82 Å². The van der Waals surface area contributed by atoms with Gasteiger partial charge in [0.05, 0.1) is 12.8 Å². The summed E-state index contributed by atoms with van der Waals surface area (Å²) in [6.45, 7) is 3.26. The minimum atomic E-state index is 0.475. The molecule has 1 N–H and O–H groups in total. The lowest BCUT2D eigenvalue weighted by Crippen LogP contribution is -2.45. The van der Waals surface area contributed by atoms with Gasteiger partial charge in [0.15, 0.2) is 5.82 Å². The number of methoxy groups -OCH3 is 1.